The third-order valence-electron chi connectivity index (χ3n) is 4.58. The number of rotatable bonds is 6. The fourth-order valence-corrected chi connectivity index (χ4v) is 3.18. The highest BCUT2D eigenvalue weighted by Gasteiger charge is 2.18. The standard InChI is InChI=1S/C22H18FN5O2/c1-30-22-25-10-9-18(27-22)20-19(15-5-7-17(23)8-6-15)26-13-28(20)12-14-3-2-4-16(11-14)21(24)29/h2-11,13H,12H2,1H3,(H2,24,29). The number of primary amides is 1. The SMILES string of the molecule is COc1nccc(-c2c(-c3ccc(F)cc3)ncn2Cc2cccc(C(N)=O)c2)n1. The number of ether oxygens (including phenoxy) is 1. The number of nitrogens with two attached hydrogens (primary N) is 1. The van der Waals surface area contributed by atoms with E-state index in [0.717, 1.165) is 11.1 Å². The molecular weight excluding hydrogens is 385 g/mol. The highest BCUT2D eigenvalue weighted by atomic mass is 19.1. The summed E-state index contributed by atoms with van der Waals surface area (Å²) in [5.74, 6) is -0.818. The summed E-state index contributed by atoms with van der Waals surface area (Å²) in [4.78, 5) is 24.6. The van der Waals surface area contributed by atoms with Gasteiger partial charge in [-0.1, -0.05) is 12.1 Å². The summed E-state index contributed by atoms with van der Waals surface area (Å²) in [6.45, 7) is 0.428. The minimum Gasteiger partial charge on any atom is -0.467 e. The first-order chi connectivity index (χ1) is 14.5. The van der Waals surface area contributed by atoms with Gasteiger partial charge in [-0.25, -0.2) is 14.4 Å². The van der Waals surface area contributed by atoms with Crippen molar-refractivity contribution in [3.63, 3.8) is 0 Å². The van der Waals surface area contributed by atoms with E-state index in [4.69, 9.17) is 10.5 Å². The Morgan fingerprint density at radius 1 is 1.13 bits per heavy atom. The molecule has 30 heavy (non-hydrogen) atoms. The third-order valence-corrected chi connectivity index (χ3v) is 4.58. The number of halogens is 1. The van der Waals surface area contributed by atoms with Crippen molar-refractivity contribution in [2.24, 2.45) is 5.73 Å². The first-order valence-corrected chi connectivity index (χ1v) is 9.12. The molecule has 0 bridgehead atoms. The van der Waals surface area contributed by atoms with Crippen LogP contribution in [0.4, 0.5) is 4.39 Å². The first kappa shape index (κ1) is 19.3. The Kier molecular flexibility index (Phi) is 5.21. The van der Waals surface area contributed by atoms with Crippen LogP contribution in [-0.4, -0.2) is 32.5 Å². The molecular formula is C22H18FN5O2. The molecule has 0 fully saturated rings. The number of amides is 1. The molecule has 0 atom stereocenters. The van der Waals surface area contributed by atoms with Crippen molar-refractivity contribution in [1.29, 1.82) is 0 Å². The molecule has 0 saturated carbocycles. The number of hydrogen-bond donors (Lipinski definition) is 1. The van der Waals surface area contributed by atoms with Crippen LogP contribution in [0, 0.1) is 5.82 Å². The molecule has 1 amide bonds. The van der Waals surface area contributed by atoms with E-state index >= 15 is 0 Å². The molecule has 4 aromatic rings. The third kappa shape index (κ3) is 3.88. The van der Waals surface area contributed by atoms with Crippen LogP contribution in [0.5, 0.6) is 6.01 Å². The van der Waals surface area contributed by atoms with Gasteiger partial charge in [0.25, 0.3) is 0 Å². The molecule has 0 aliphatic carbocycles. The van der Waals surface area contributed by atoms with Gasteiger partial charge >= 0.3 is 6.01 Å². The van der Waals surface area contributed by atoms with Gasteiger partial charge in [-0.05, 0) is 48.0 Å². The summed E-state index contributed by atoms with van der Waals surface area (Å²) in [7, 11) is 1.49. The molecule has 0 radical (unpaired) electrons. The quantitative estimate of drug-likeness (QED) is 0.533. The number of methoxy groups -OCH3 is 1. The topological polar surface area (TPSA) is 95.9 Å². The highest BCUT2D eigenvalue weighted by molar-refractivity contribution is 5.92. The van der Waals surface area contributed by atoms with Crippen LogP contribution in [-0.2, 0) is 6.54 Å². The van der Waals surface area contributed by atoms with Crippen molar-refractivity contribution in [3.8, 4) is 28.7 Å². The predicted molar refractivity (Wildman–Crippen MR) is 109 cm³/mol. The van der Waals surface area contributed by atoms with E-state index in [9.17, 15) is 9.18 Å². The lowest BCUT2D eigenvalue weighted by atomic mass is 10.1. The number of benzene rings is 2. The number of imidazole rings is 1. The Balaban J connectivity index is 1.83. The fraction of sp³-hybridized carbons (Fsp3) is 0.0909. The Morgan fingerprint density at radius 3 is 2.67 bits per heavy atom. The van der Waals surface area contributed by atoms with Gasteiger partial charge in [0.1, 0.15) is 5.82 Å². The zero-order chi connectivity index (χ0) is 21.1. The smallest absolute Gasteiger partial charge is 0.316 e. The summed E-state index contributed by atoms with van der Waals surface area (Å²) < 4.78 is 20.5. The lowest BCUT2D eigenvalue weighted by Gasteiger charge is -2.11. The van der Waals surface area contributed by atoms with Crippen molar-refractivity contribution in [1.82, 2.24) is 19.5 Å². The van der Waals surface area contributed by atoms with Gasteiger partial charge < -0.3 is 15.0 Å². The van der Waals surface area contributed by atoms with Crippen LogP contribution in [0.2, 0.25) is 0 Å². The summed E-state index contributed by atoms with van der Waals surface area (Å²) >= 11 is 0. The van der Waals surface area contributed by atoms with E-state index in [1.54, 1.807) is 48.9 Å². The summed E-state index contributed by atoms with van der Waals surface area (Å²) in [6, 6.07) is 15.2. The predicted octanol–water partition coefficient (Wildman–Crippen LogP) is 3.30. The molecule has 2 aromatic carbocycles. The molecule has 0 unspecified atom stereocenters. The summed E-state index contributed by atoms with van der Waals surface area (Å²) in [5, 5.41) is 0. The molecule has 4 rings (SSSR count). The normalized spacial score (nSPS) is 10.7. The average Bonchev–Trinajstić information content (AvgIpc) is 3.18. The fourth-order valence-electron chi connectivity index (χ4n) is 3.18. The van der Waals surface area contributed by atoms with Crippen molar-refractivity contribution in [2.75, 3.05) is 7.11 Å². The lowest BCUT2D eigenvalue weighted by Crippen LogP contribution is -2.11. The van der Waals surface area contributed by atoms with Gasteiger partial charge in [-0.3, -0.25) is 4.79 Å². The molecule has 8 heteroatoms. The minimum atomic E-state index is -0.491. The molecule has 2 heterocycles. The van der Waals surface area contributed by atoms with E-state index in [2.05, 4.69) is 15.0 Å². The second-order valence-electron chi connectivity index (χ2n) is 6.57. The van der Waals surface area contributed by atoms with Gasteiger partial charge in [0.2, 0.25) is 5.91 Å². The molecule has 0 spiro atoms. The zero-order valence-electron chi connectivity index (χ0n) is 16.1. The summed E-state index contributed by atoms with van der Waals surface area (Å²) in [6.07, 6.45) is 3.28. The molecule has 150 valence electrons. The van der Waals surface area contributed by atoms with Crippen molar-refractivity contribution < 1.29 is 13.9 Å². The minimum absolute atomic E-state index is 0.223. The van der Waals surface area contributed by atoms with Crippen LogP contribution in [0.25, 0.3) is 22.6 Å². The summed E-state index contributed by atoms with van der Waals surface area (Å²) in [5.41, 5.74) is 9.40. The number of hydrogen-bond acceptors (Lipinski definition) is 5. The largest absolute Gasteiger partial charge is 0.467 e. The van der Waals surface area contributed by atoms with Gasteiger partial charge in [-0.2, -0.15) is 4.98 Å². The number of carbonyl (C=O) groups is 1. The second kappa shape index (κ2) is 8.12. The van der Waals surface area contributed by atoms with Crippen molar-refractivity contribution in [3.05, 3.63) is 84.1 Å². The van der Waals surface area contributed by atoms with E-state index in [1.807, 2.05) is 10.6 Å². The maximum Gasteiger partial charge on any atom is 0.316 e. The molecule has 0 saturated heterocycles. The van der Waals surface area contributed by atoms with E-state index in [0.29, 0.717) is 29.2 Å². The van der Waals surface area contributed by atoms with E-state index in [-0.39, 0.29) is 11.8 Å². The Bertz CT molecular complexity index is 1200. The van der Waals surface area contributed by atoms with Gasteiger partial charge in [0, 0.05) is 23.9 Å². The lowest BCUT2D eigenvalue weighted by molar-refractivity contribution is 0.1000. The number of nitrogens with zero attached hydrogens (tertiary/aromatic N) is 4. The van der Waals surface area contributed by atoms with E-state index < -0.39 is 5.91 Å². The van der Waals surface area contributed by atoms with Crippen LogP contribution in [0.3, 0.4) is 0 Å². The van der Waals surface area contributed by atoms with Crippen LogP contribution < -0.4 is 10.5 Å². The molecule has 2 aromatic heterocycles. The molecule has 7 nitrogen and oxygen atoms in total. The Morgan fingerprint density at radius 2 is 1.93 bits per heavy atom. The second-order valence-corrected chi connectivity index (χ2v) is 6.57. The highest BCUT2D eigenvalue weighted by Crippen LogP contribution is 2.31. The average molecular weight is 403 g/mol. The van der Waals surface area contributed by atoms with Crippen LogP contribution in [0.15, 0.2) is 67.1 Å². The Hall–Kier alpha value is -4.07. The molecule has 2 N–H and O–H groups in total. The zero-order valence-corrected chi connectivity index (χ0v) is 16.1. The first-order valence-electron chi connectivity index (χ1n) is 9.12. The maximum absolute atomic E-state index is 13.4. The van der Waals surface area contributed by atoms with Crippen LogP contribution >= 0.6 is 0 Å². The van der Waals surface area contributed by atoms with Crippen molar-refractivity contribution in [2.45, 2.75) is 6.54 Å². The Labute approximate surface area is 172 Å². The van der Waals surface area contributed by atoms with Gasteiger partial charge in [0.05, 0.1) is 30.5 Å². The van der Waals surface area contributed by atoms with Crippen LogP contribution in [0.1, 0.15) is 15.9 Å². The molecule has 0 aliphatic heterocycles. The van der Waals surface area contributed by atoms with Crippen molar-refractivity contribution >= 4 is 5.91 Å². The van der Waals surface area contributed by atoms with Gasteiger partial charge in [-0.15, -0.1) is 0 Å². The van der Waals surface area contributed by atoms with E-state index in [1.165, 1.54) is 19.2 Å². The molecule has 0 aliphatic rings. The maximum atomic E-state index is 13.4. The number of carbonyl (C=O) groups excluding carboxylic acids is 1. The van der Waals surface area contributed by atoms with Gasteiger partial charge in [0.15, 0.2) is 0 Å². The monoisotopic (exact) mass is 403 g/mol. The number of aromatic nitrogens is 4.